The number of aromatic amines is 1. The minimum absolute atomic E-state index is 0.0725. The summed E-state index contributed by atoms with van der Waals surface area (Å²) in [5, 5.41) is 0.905. The number of nitrogens with zero attached hydrogens (tertiary/aromatic N) is 1. The zero-order valence-corrected chi connectivity index (χ0v) is 14.4. The van der Waals surface area contributed by atoms with Crippen LogP contribution in [-0.4, -0.2) is 22.0 Å². The first kappa shape index (κ1) is 17.0. The van der Waals surface area contributed by atoms with Crippen molar-refractivity contribution >= 4 is 28.6 Å². The van der Waals surface area contributed by atoms with Gasteiger partial charge in [0.1, 0.15) is 5.70 Å². The zero-order chi connectivity index (χ0) is 17.0. The highest BCUT2D eigenvalue weighted by molar-refractivity contribution is 7.83. The van der Waals surface area contributed by atoms with Crippen LogP contribution >= 0.6 is 0 Å². The molecule has 2 aromatic rings. The second-order valence-corrected chi connectivity index (χ2v) is 6.50. The molecule has 0 bridgehead atoms. The van der Waals surface area contributed by atoms with E-state index in [-0.39, 0.29) is 12.0 Å². The van der Waals surface area contributed by atoms with Crippen LogP contribution < -0.4 is 4.72 Å². The Morgan fingerprint density at radius 1 is 1.48 bits per heavy atom. The van der Waals surface area contributed by atoms with E-state index in [1.54, 1.807) is 6.20 Å². The van der Waals surface area contributed by atoms with Crippen LogP contribution in [0.25, 0.3) is 10.9 Å². The Morgan fingerprint density at radius 3 is 2.83 bits per heavy atom. The average molecular weight is 331 g/mol. The molecule has 23 heavy (non-hydrogen) atoms. The van der Waals surface area contributed by atoms with E-state index in [1.807, 2.05) is 39.0 Å². The van der Waals surface area contributed by atoms with Crippen LogP contribution in [-0.2, 0) is 15.7 Å². The highest BCUT2D eigenvalue weighted by Gasteiger charge is 2.14. The van der Waals surface area contributed by atoms with Gasteiger partial charge in [-0.3, -0.25) is 4.72 Å². The summed E-state index contributed by atoms with van der Waals surface area (Å²) in [6, 6.07) is 5.95. The Morgan fingerprint density at radius 2 is 2.22 bits per heavy atom. The van der Waals surface area contributed by atoms with E-state index in [4.69, 9.17) is 4.74 Å². The van der Waals surface area contributed by atoms with Crippen LogP contribution in [0, 0.1) is 6.92 Å². The molecule has 0 aliphatic heterocycles. The second-order valence-electron chi connectivity index (χ2n) is 5.32. The van der Waals surface area contributed by atoms with Crippen molar-refractivity contribution < 1.29 is 8.95 Å². The predicted octanol–water partition coefficient (Wildman–Crippen LogP) is 3.57. The lowest BCUT2D eigenvalue weighted by Gasteiger charge is -2.13. The van der Waals surface area contributed by atoms with Gasteiger partial charge < -0.3 is 9.72 Å². The number of aromatic nitrogens is 1. The maximum absolute atomic E-state index is 12.7. The molecule has 0 aliphatic carbocycles. The Hall–Kier alpha value is -2.34. The molecular weight excluding hydrogens is 310 g/mol. The molecular formula is C17H21N3O2S. The van der Waals surface area contributed by atoms with E-state index < -0.39 is 11.0 Å². The maximum Gasteiger partial charge on any atom is 0.237 e. The number of hydrogen-bond acceptors (Lipinski definition) is 3. The van der Waals surface area contributed by atoms with Gasteiger partial charge in [-0.25, -0.2) is 9.20 Å². The number of nitrogens with one attached hydrogen (secondary N) is 2. The SMILES string of the molecule is C=C/C(NS(=O)c1c[nH]c2cc(C)ccc12)=C(\N=C)OC(C)C. The van der Waals surface area contributed by atoms with E-state index in [0.29, 0.717) is 10.6 Å². The molecule has 0 saturated heterocycles. The maximum atomic E-state index is 12.7. The molecule has 0 radical (unpaired) electrons. The Bertz CT molecular complexity index is 790. The minimum atomic E-state index is -1.48. The largest absolute Gasteiger partial charge is 0.473 e. The summed E-state index contributed by atoms with van der Waals surface area (Å²) >= 11 is 0. The summed E-state index contributed by atoms with van der Waals surface area (Å²) in [5.41, 5.74) is 2.52. The number of H-pyrrole nitrogens is 1. The van der Waals surface area contributed by atoms with E-state index in [1.165, 1.54) is 6.08 Å². The molecule has 2 rings (SSSR count). The number of rotatable bonds is 7. The van der Waals surface area contributed by atoms with Crippen molar-refractivity contribution in [2.45, 2.75) is 31.8 Å². The molecule has 2 N–H and O–H groups in total. The topological polar surface area (TPSA) is 66.5 Å². The first-order chi connectivity index (χ1) is 11.0. The highest BCUT2D eigenvalue weighted by atomic mass is 32.2. The lowest BCUT2D eigenvalue weighted by Crippen LogP contribution is -2.18. The molecule has 0 amide bonds. The van der Waals surface area contributed by atoms with E-state index >= 15 is 0 Å². The molecule has 1 atom stereocenters. The fourth-order valence-corrected chi connectivity index (χ4v) is 3.13. The van der Waals surface area contributed by atoms with Crippen molar-refractivity contribution in [3.63, 3.8) is 0 Å². The van der Waals surface area contributed by atoms with Gasteiger partial charge in [0.25, 0.3) is 0 Å². The molecule has 122 valence electrons. The molecule has 0 saturated carbocycles. The highest BCUT2D eigenvalue weighted by Crippen LogP contribution is 2.22. The van der Waals surface area contributed by atoms with E-state index in [0.717, 1.165) is 16.5 Å². The Balaban J connectivity index is 2.33. The van der Waals surface area contributed by atoms with Crippen molar-refractivity contribution in [2.75, 3.05) is 0 Å². The molecule has 6 heteroatoms. The van der Waals surface area contributed by atoms with Crippen LogP contribution in [0.3, 0.4) is 0 Å². The van der Waals surface area contributed by atoms with Crippen LogP contribution in [0.1, 0.15) is 19.4 Å². The predicted molar refractivity (Wildman–Crippen MR) is 95.6 cm³/mol. The van der Waals surface area contributed by atoms with Crippen molar-refractivity contribution in [2.24, 2.45) is 4.99 Å². The van der Waals surface area contributed by atoms with Gasteiger partial charge in [0, 0.05) is 17.1 Å². The van der Waals surface area contributed by atoms with E-state index in [9.17, 15) is 4.21 Å². The van der Waals surface area contributed by atoms with Gasteiger partial charge >= 0.3 is 0 Å². The average Bonchev–Trinajstić information content (AvgIpc) is 2.93. The third-order valence-corrected chi connectivity index (χ3v) is 4.27. The summed E-state index contributed by atoms with van der Waals surface area (Å²) in [7, 11) is -1.48. The standard InChI is InChI=1S/C17H21N3O2S/c1-6-14(17(18-5)22-11(2)3)20-23(21)16-10-19-15-9-12(4)7-8-13(15)16/h6-11,19-20H,1,5H2,2-4H3/b17-14-. The summed E-state index contributed by atoms with van der Waals surface area (Å²) < 4.78 is 21.1. The van der Waals surface area contributed by atoms with Crippen LogP contribution in [0.2, 0.25) is 0 Å². The molecule has 1 unspecified atom stereocenters. The minimum Gasteiger partial charge on any atom is -0.473 e. The van der Waals surface area contributed by atoms with Crippen molar-refractivity contribution in [1.29, 1.82) is 0 Å². The number of aryl methyl sites for hydroxylation is 1. The number of ether oxygens (including phenoxy) is 1. The molecule has 5 nitrogen and oxygen atoms in total. The first-order valence-electron chi connectivity index (χ1n) is 7.22. The van der Waals surface area contributed by atoms with Gasteiger partial charge in [0.2, 0.25) is 5.88 Å². The normalized spacial score (nSPS) is 13.6. The van der Waals surface area contributed by atoms with Gasteiger partial charge in [-0.1, -0.05) is 18.7 Å². The summed E-state index contributed by atoms with van der Waals surface area (Å²) in [6.07, 6.45) is 3.18. The van der Waals surface area contributed by atoms with Crippen molar-refractivity contribution in [3.05, 3.63) is 54.2 Å². The van der Waals surface area contributed by atoms with Gasteiger partial charge in [0.05, 0.1) is 11.0 Å². The molecule has 1 aromatic carbocycles. The quantitative estimate of drug-likeness (QED) is 0.463. The summed E-state index contributed by atoms with van der Waals surface area (Å²) in [6.45, 7) is 13.0. The number of fused-ring (bicyclic) bond motifs is 1. The summed E-state index contributed by atoms with van der Waals surface area (Å²) in [5.74, 6) is 0.277. The lowest BCUT2D eigenvalue weighted by atomic mass is 10.2. The fourth-order valence-electron chi connectivity index (χ4n) is 2.10. The van der Waals surface area contributed by atoms with Crippen molar-refractivity contribution in [1.82, 2.24) is 9.71 Å². The monoisotopic (exact) mass is 331 g/mol. The van der Waals surface area contributed by atoms with Crippen LogP contribution in [0.5, 0.6) is 0 Å². The van der Waals surface area contributed by atoms with Gasteiger partial charge in [0.15, 0.2) is 11.0 Å². The molecule has 0 aliphatic rings. The number of allylic oxidation sites excluding steroid dienone is 1. The van der Waals surface area contributed by atoms with Gasteiger partial charge in [-0.15, -0.1) is 0 Å². The zero-order valence-electron chi connectivity index (χ0n) is 13.6. The third-order valence-electron chi connectivity index (χ3n) is 3.13. The smallest absolute Gasteiger partial charge is 0.237 e. The van der Waals surface area contributed by atoms with Gasteiger partial charge in [-0.2, -0.15) is 0 Å². The fraction of sp³-hybridized carbons (Fsp3) is 0.235. The van der Waals surface area contributed by atoms with Crippen LogP contribution in [0.15, 0.2) is 58.5 Å². The molecule has 0 fully saturated rings. The van der Waals surface area contributed by atoms with Crippen LogP contribution in [0.4, 0.5) is 0 Å². The Labute approximate surface area is 138 Å². The number of aliphatic imine (C=N–C) groups is 1. The second kappa shape index (κ2) is 7.28. The first-order valence-corrected chi connectivity index (χ1v) is 8.37. The Kier molecular flexibility index (Phi) is 5.39. The van der Waals surface area contributed by atoms with Crippen molar-refractivity contribution in [3.8, 4) is 0 Å². The van der Waals surface area contributed by atoms with E-state index in [2.05, 4.69) is 28.0 Å². The lowest BCUT2D eigenvalue weighted by molar-refractivity contribution is 0.143. The molecule has 1 aromatic heterocycles. The number of hydrogen-bond donors (Lipinski definition) is 2. The molecule has 1 heterocycles. The van der Waals surface area contributed by atoms with Gasteiger partial charge in [-0.05, 0) is 45.2 Å². The number of benzene rings is 1. The molecule has 0 spiro atoms. The summed E-state index contributed by atoms with van der Waals surface area (Å²) in [4.78, 5) is 7.63. The third kappa shape index (κ3) is 3.90.